The van der Waals surface area contributed by atoms with E-state index in [2.05, 4.69) is 0 Å². The first kappa shape index (κ1) is 16.8. The fourth-order valence-electron chi connectivity index (χ4n) is 2.00. The minimum Gasteiger partial charge on any atom is -0.394 e. The van der Waals surface area contributed by atoms with Gasteiger partial charge in [-0.15, -0.1) is 0 Å². The van der Waals surface area contributed by atoms with Gasteiger partial charge in [-0.25, -0.2) is 0 Å². The van der Waals surface area contributed by atoms with E-state index in [-0.39, 0.29) is 0 Å². The first-order valence-corrected chi connectivity index (χ1v) is 6.74. The van der Waals surface area contributed by atoms with Crippen LogP contribution in [-0.2, 0) is 9.47 Å². The Balaban J connectivity index is 2.28. The minimum atomic E-state index is -1.38. The van der Waals surface area contributed by atoms with Gasteiger partial charge in [-0.2, -0.15) is 0 Å². The highest BCUT2D eigenvalue weighted by molar-refractivity contribution is 4.88. The van der Waals surface area contributed by atoms with Crippen LogP contribution in [0.15, 0.2) is 0 Å². The van der Waals surface area contributed by atoms with Crippen molar-refractivity contribution < 1.29 is 29.9 Å². The summed E-state index contributed by atoms with van der Waals surface area (Å²) in [5.41, 5.74) is 5.38. The molecule has 0 aromatic carbocycles. The summed E-state index contributed by atoms with van der Waals surface area (Å²) in [4.78, 5) is 0. The second-order valence-electron chi connectivity index (χ2n) is 4.77. The number of unbranched alkanes of at least 4 members (excludes halogenated alkanes) is 3. The Kier molecular flexibility index (Phi) is 7.77. The summed E-state index contributed by atoms with van der Waals surface area (Å²) in [5.74, 6) is 0. The number of nitrogens with two attached hydrogens (primary N) is 1. The summed E-state index contributed by atoms with van der Waals surface area (Å²) in [5, 5.41) is 37.8. The quantitative estimate of drug-likeness (QED) is 0.336. The zero-order chi connectivity index (χ0) is 14.3. The molecule has 1 fully saturated rings. The SMILES string of the molecule is NCCCCCCO[C@@H]1O[C@@H](CO)[C@@H](O)[C@H](O)[C@@H]1O. The third-order valence-corrected chi connectivity index (χ3v) is 3.23. The van der Waals surface area contributed by atoms with Crippen LogP contribution in [-0.4, -0.2) is 70.9 Å². The lowest BCUT2D eigenvalue weighted by Gasteiger charge is -2.39. The standard InChI is InChI=1S/C12H25NO6/c13-5-3-1-2-4-6-18-12-11(17)10(16)9(15)8(7-14)19-12/h8-12,14-17H,1-7,13H2/t8-,9+,10-,11-,12+/m0/s1. The molecular weight excluding hydrogens is 254 g/mol. The van der Waals surface area contributed by atoms with Crippen molar-refractivity contribution in [2.75, 3.05) is 19.8 Å². The number of aliphatic hydroxyl groups is 4. The van der Waals surface area contributed by atoms with E-state index < -0.39 is 37.3 Å². The normalized spacial score (nSPS) is 35.5. The van der Waals surface area contributed by atoms with Gasteiger partial charge in [-0.05, 0) is 19.4 Å². The van der Waals surface area contributed by atoms with Crippen LogP contribution in [0.1, 0.15) is 25.7 Å². The number of hydrogen-bond acceptors (Lipinski definition) is 7. The Morgan fingerprint density at radius 1 is 0.947 bits per heavy atom. The summed E-state index contributed by atoms with van der Waals surface area (Å²) >= 11 is 0. The average Bonchev–Trinajstić information content (AvgIpc) is 2.42. The Bertz CT molecular complexity index is 240. The summed E-state index contributed by atoms with van der Waals surface area (Å²) in [6, 6.07) is 0. The number of aliphatic hydroxyl groups excluding tert-OH is 4. The number of rotatable bonds is 8. The molecule has 114 valence electrons. The van der Waals surface area contributed by atoms with E-state index in [1.54, 1.807) is 0 Å². The van der Waals surface area contributed by atoms with E-state index >= 15 is 0 Å². The van der Waals surface area contributed by atoms with Crippen LogP contribution in [0.4, 0.5) is 0 Å². The van der Waals surface area contributed by atoms with Crippen molar-refractivity contribution in [2.45, 2.75) is 56.4 Å². The highest BCUT2D eigenvalue weighted by Gasteiger charge is 2.43. The van der Waals surface area contributed by atoms with Gasteiger partial charge >= 0.3 is 0 Å². The van der Waals surface area contributed by atoms with Crippen molar-refractivity contribution in [2.24, 2.45) is 5.73 Å². The van der Waals surface area contributed by atoms with Crippen molar-refractivity contribution in [3.05, 3.63) is 0 Å². The first-order valence-electron chi connectivity index (χ1n) is 6.74. The Hall–Kier alpha value is -0.280. The van der Waals surface area contributed by atoms with Gasteiger partial charge < -0.3 is 35.6 Å². The van der Waals surface area contributed by atoms with Crippen molar-refractivity contribution in [1.82, 2.24) is 0 Å². The van der Waals surface area contributed by atoms with E-state index in [4.69, 9.17) is 20.3 Å². The molecule has 0 radical (unpaired) electrons. The Labute approximate surface area is 112 Å². The molecule has 0 aromatic rings. The maximum Gasteiger partial charge on any atom is 0.186 e. The fourth-order valence-corrected chi connectivity index (χ4v) is 2.00. The third kappa shape index (κ3) is 4.96. The van der Waals surface area contributed by atoms with Crippen LogP contribution in [0, 0.1) is 0 Å². The summed E-state index contributed by atoms with van der Waals surface area (Å²) in [6.45, 7) is 0.613. The van der Waals surface area contributed by atoms with E-state index in [0.29, 0.717) is 13.2 Å². The smallest absolute Gasteiger partial charge is 0.186 e. The molecule has 0 unspecified atom stereocenters. The molecule has 0 bridgehead atoms. The molecule has 6 N–H and O–H groups in total. The highest BCUT2D eigenvalue weighted by Crippen LogP contribution is 2.22. The van der Waals surface area contributed by atoms with Crippen molar-refractivity contribution in [3.63, 3.8) is 0 Å². The van der Waals surface area contributed by atoms with Crippen LogP contribution < -0.4 is 5.73 Å². The molecule has 0 spiro atoms. The van der Waals surface area contributed by atoms with Crippen molar-refractivity contribution in [3.8, 4) is 0 Å². The molecule has 5 atom stereocenters. The molecule has 0 saturated carbocycles. The number of hydrogen-bond donors (Lipinski definition) is 5. The second-order valence-corrected chi connectivity index (χ2v) is 4.77. The highest BCUT2D eigenvalue weighted by atomic mass is 16.7. The lowest BCUT2D eigenvalue weighted by Crippen LogP contribution is -2.59. The zero-order valence-corrected chi connectivity index (χ0v) is 11.0. The van der Waals surface area contributed by atoms with E-state index in [1.165, 1.54) is 0 Å². The summed E-state index contributed by atoms with van der Waals surface area (Å²) in [7, 11) is 0. The van der Waals surface area contributed by atoms with Gasteiger partial charge in [0.2, 0.25) is 0 Å². The average molecular weight is 279 g/mol. The fraction of sp³-hybridized carbons (Fsp3) is 1.00. The predicted molar refractivity (Wildman–Crippen MR) is 67.2 cm³/mol. The molecule has 1 rings (SSSR count). The molecule has 7 nitrogen and oxygen atoms in total. The largest absolute Gasteiger partial charge is 0.394 e. The molecule has 0 aromatic heterocycles. The molecule has 1 saturated heterocycles. The van der Waals surface area contributed by atoms with Gasteiger partial charge in [0.1, 0.15) is 24.4 Å². The van der Waals surface area contributed by atoms with Crippen molar-refractivity contribution in [1.29, 1.82) is 0 Å². The van der Waals surface area contributed by atoms with Crippen LogP contribution in [0.5, 0.6) is 0 Å². The van der Waals surface area contributed by atoms with E-state index in [1.807, 2.05) is 0 Å². The lowest BCUT2D eigenvalue weighted by molar-refractivity contribution is -0.301. The monoisotopic (exact) mass is 279 g/mol. The number of ether oxygens (including phenoxy) is 2. The minimum absolute atomic E-state index is 0.382. The predicted octanol–water partition coefficient (Wildman–Crippen LogP) is -1.68. The van der Waals surface area contributed by atoms with Gasteiger partial charge in [0, 0.05) is 6.61 Å². The topological polar surface area (TPSA) is 125 Å². The summed E-state index contributed by atoms with van der Waals surface area (Å²) in [6.07, 6.45) is -2.22. The molecule has 1 heterocycles. The molecule has 0 aliphatic carbocycles. The molecule has 19 heavy (non-hydrogen) atoms. The molecule has 0 amide bonds. The molecule has 1 aliphatic heterocycles. The summed E-state index contributed by atoms with van der Waals surface area (Å²) < 4.78 is 10.5. The van der Waals surface area contributed by atoms with Gasteiger partial charge in [0.05, 0.1) is 6.61 Å². The van der Waals surface area contributed by atoms with Crippen LogP contribution in [0.3, 0.4) is 0 Å². The molecule has 1 aliphatic rings. The first-order chi connectivity index (χ1) is 9.11. The second kappa shape index (κ2) is 8.80. The lowest BCUT2D eigenvalue weighted by atomic mass is 9.99. The van der Waals surface area contributed by atoms with Crippen LogP contribution >= 0.6 is 0 Å². The van der Waals surface area contributed by atoms with Crippen molar-refractivity contribution >= 4 is 0 Å². The van der Waals surface area contributed by atoms with E-state index in [9.17, 15) is 15.3 Å². The van der Waals surface area contributed by atoms with Gasteiger partial charge in [0.15, 0.2) is 6.29 Å². The Morgan fingerprint density at radius 3 is 2.26 bits per heavy atom. The third-order valence-electron chi connectivity index (χ3n) is 3.23. The molecule has 7 heteroatoms. The van der Waals surface area contributed by atoms with E-state index in [0.717, 1.165) is 25.7 Å². The van der Waals surface area contributed by atoms with Gasteiger partial charge in [-0.3, -0.25) is 0 Å². The zero-order valence-electron chi connectivity index (χ0n) is 11.0. The maximum absolute atomic E-state index is 9.70. The van der Waals surface area contributed by atoms with Gasteiger partial charge in [-0.1, -0.05) is 12.8 Å². The molecular formula is C12H25NO6. The maximum atomic E-state index is 9.70. The van der Waals surface area contributed by atoms with Crippen LogP contribution in [0.2, 0.25) is 0 Å². The van der Waals surface area contributed by atoms with Gasteiger partial charge in [0.25, 0.3) is 0 Å². The van der Waals surface area contributed by atoms with Crippen LogP contribution in [0.25, 0.3) is 0 Å². The Morgan fingerprint density at radius 2 is 1.63 bits per heavy atom.